The maximum Gasteiger partial charge on any atom is 0.293 e. The fraction of sp³-hybridized carbons (Fsp3) is 0.150. The van der Waals surface area contributed by atoms with Crippen molar-refractivity contribution in [3.8, 4) is 5.82 Å². The highest BCUT2D eigenvalue weighted by Crippen LogP contribution is 2.17. The molecule has 0 radical (unpaired) electrons. The van der Waals surface area contributed by atoms with Gasteiger partial charge >= 0.3 is 0 Å². The summed E-state index contributed by atoms with van der Waals surface area (Å²) in [5.74, 6) is 1.23. The molecule has 152 valence electrons. The Bertz CT molecular complexity index is 1160. The van der Waals surface area contributed by atoms with Crippen LogP contribution >= 0.6 is 11.3 Å². The van der Waals surface area contributed by atoms with Gasteiger partial charge in [-0.1, -0.05) is 0 Å². The van der Waals surface area contributed by atoms with Gasteiger partial charge in [0.1, 0.15) is 11.6 Å². The van der Waals surface area contributed by atoms with Crippen molar-refractivity contribution in [3.63, 3.8) is 0 Å². The summed E-state index contributed by atoms with van der Waals surface area (Å²) in [6.07, 6.45) is 6.79. The Morgan fingerprint density at radius 1 is 1.23 bits per heavy atom. The van der Waals surface area contributed by atoms with Crippen LogP contribution in [0.4, 0.5) is 5.13 Å². The van der Waals surface area contributed by atoms with Crippen molar-refractivity contribution in [2.45, 2.75) is 19.9 Å². The van der Waals surface area contributed by atoms with Gasteiger partial charge < -0.3 is 9.73 Å². The zero-order valence-corrected chi connectivity index (χ0v) is 16.8. The minimum absolute atomic E-state index is 0.117. The average molecular weight is 422 g/mol. The topological polar surface area (TPSA) is 115 Å². The van der Waals surface area contributed by atoms with E-state index < -0.39 is 0 Å². The molecule has 2 N–H and O–H groups in total. The molecule has 2 amide bonds. The van der Waals surface area contributed by atoms with E-state index in [4.69, 9.17) is 4.42 Å². The van der Waals surface area contributed by atoms with Gasteiger partial charge in [-0.3, -0.25) is 19.5 Å². The third-order valence-electron chi connectivity index (χ3n) is 4.23. The third-order valence-corrected chi connectivity index (χ3v) is 5.04. The predicted molar refractivity (Wildman–Crippen MR) is 110 cm³/mol. The molecule has 10 heteroatoms. The largest absolute Gasteiger partial charge is 0.459 e. The number of carbonyl (C=O) groups excluding carboxylic acids is 2. The summed E-state index contributed by atoms with van der Waals surface area (Å²) in [5, 5.41) is 7.68. The first-order chi connectivity index (χ1) is 14.6. The lowest BCUT2D eigenvalue weighted by Crippen LogP contribution is -2.24. The van der Waals surface area contributed by atoms with Crippen LogP contribution in [0.1, 0.15) is 27.6 Å². The summed E-state index contributed by atoms with van der Waals surface area (Å²) in [4.78, 5) is 37.1. The summed E-state index contributed by atoms with van der Waals surface area (Å²) < 4.78 is 6.92. The van der Waals surface area contributed by atoms with Crippen LogP contribution in [-0.4, -0.2) is 31.3 Å². The Balaban J connectivity index is 1.31. The first-order valence-electron chi connectivity index (χ1n) is 9.10. The van der Waals surface area contributed by atoms with Gasteiger partial charge in [0.25, 0.3) is 5.91 Å². The number of imidazole rings is 1. The highest BCUT2D eigenvalue weighted by atomic mass is 32.1. The Morgan fingerprint density at radius 2 is 2.13 bits per heavy atom. The van der Waals surface area contributed by atoms with E-state index in [-0.39, 0.29) is 24.0 Å². The number of hydrogen-bond acceptors (Lipinski definition) is 7. The lowest BCUT2D eigenvalue weighted by molar-refractivity contribution is -0.120. The number of rotatable bonds is 7. The number of furan rings is 1. The third kappa shape index (κ3) is 4.61. The lowest BCUT2D eigenvalue weighted by atomic mass is 10.2. The van der Waals surface area contributed by atoms with E-state index in [1.54, 1.807) is 29.9 Å². The van der Waals surface area contributed by atoms with Crippen LogP contribution in [-0.2, 0) is 17.8 Å². The molecular weight excluding hydrogens is 404 g/mol. The molecule has 4 heterocycles. The number of nitrogens with one attached hydrogen (secondary N) is 2. The minimum atomic E-state index is -0.382. The van der Waals surface area contributed by atoms with Crippen molar-refractivity contribution < 1.29 is 14.0 Å². The minimum Gasteiger partial charge on any atom is -0.459 e. The molecule has 0 aliphatic carbocycles. The monoisotopic (exact) mass is 422 g/mol. The number of nitrogens with zero attached hydrogens (tertiary/aromatic N) is 4. The molecule has 9 nitrogen and oxygen atoms in total. The van der Waals surface area contributed by atoms with Gasteiger partial charge in [-0.15, -0.1) is 11.3 Å². The van der Waals surface area contributed by atoms with E-state index in [1.807, 2.05) is 29.8 Å². The highest BCUT2D eigenvalue weighted by molar-refractivity contribution is 7.14. The quantitative estimate of drug-likeness (QED) is 0.473. The van der Waals surface area contributed by atoms with Crippen molar-refractivity contribution in [2.75, 3.05) is 5.32 Å². The summed E-state index contributed by atoms with van der Waals surface area (Å²) in [5.41, 5.74) is 1.50. The molecule has 4 aromatic rings. The van der Waals surface area contributed by atoms with Crippen LogP contribution in [0.3, 0.4) is 0 Å². The maximum absolute atomic E-state index is 12.3. The number of carbonyl (C=O) groups is 2. The molecule has 0 saturated heterocycles. The molecule has 0 atom stereocenters. The van der Waals surface area contributed by atoms with Crippen molar-refractivity contribution >= 4 is 28.3 Å². The molecule has 0 aliphatic rings. The summed E-state index contributed by atoms with van der Waals surface area (Å²) in [7, 11) is 0. The van der Waals surface area contributed by atoms with Gasteiger partial charge in [-0.05, 0) is 36.8 Å². The number of pyridine rings is 1. The molecule has 0 fully saturated rings. The fourth-order valence-corrected chi connectivity index (χ4v) is 3.47. The second kappa shape index (κ2) is 8.70. The molecule has 0 aliphatic heterocycles. The van der Waals surface area contributed by atoms with Gasteiger partial charge in [0.05, 0.1) is 18.4 Å². The van der Waals surface area contributed by atoms with Crippen LogP contribution in [0.25, 0.3) is 5.82 Å². The number of aryl methyl sites for hydroxylation is 1. The van der Waals surface area contributed by atoms with Gasteiger partial charge in [-0.25, -0.2) is 15.0 Å². The van der Waals surface area contributed by atoms with Crippen molar-refractivity contribution in [2.24, 2.45) is 0 Å². The second-order valence-corrected chi connectivity index (χ2v) is 7.25. The number of thiazole rings is 1. The first kappa shape index (κ1) is 19.5. The van der Waals surface area contributed by atoms with Crippen LogP contribution < -0.4 is 10.6 Å². The summed E-state index contributed by atoms with van der Waals surface area (Å²) in [6.45, 7) is 2.27. The summed E-state index contributed by atoms with van der Waals surface area (Å²) in [6, 6.07) is 6.95. The van der Waals surface area contributed by atoms with E-state index in [0.29, 0.717) is 17.4 Å². The average Bonchev–Trinajstić information content (AvgIpc) is 3.49. The van der Waals surface area contributed by atoms with Crippen LogP contribution in [0, 0.1) is 6.92 Å². The number of aromatic nitrogens is 4. The lowest BCUT2D eigenvalue weighted by Gasteiger charge is -2.08. The standard InChI is InChI=1S/C20H18N6O3S/c1-13-21-6-7-26(13)17-9-14(4-5-22-17)11-23-18(27)10-15-12-30-20(24-15)25-19(28)16-3-2-8-29-16/h2-9,12H,10-11H2,1H3,(H,23,27)(H,24,25,28). The second-order valence-electron chi connectivity index (χ2n) is 6.40. The van der Waals surface area contributed by atoms with Crippen LogP contribution in [0.5, 0.6) is 0 Å². The van der Waals surface area contributed by atoms with E-state index in [2.05, 4.69) is 25.6 Å². The van der Waals surface area contributed by atoms with E-state index in [9.17, 15) is 9.59 Å². The van der Waals surface area contributed by atoms with Crippen molar-refractivity contribution in [3.05, 3.63) is 77.3 Å². The first-order valence-corrected chi connectivity index (χ1v) is 9.97. The van der Waals surface area contributed by atoms with E-state index >= 15 is 0 Å². The molecule has 0 aromatic carbocycles. The van der Waals surface area contributed by atoms with Gasteiger partial charge in [0, 0.05) is 30.5 Å². The molecular formula is C20H18N6O3S. The highest BCUT2D eigenvalue weighted by Gasteiger charge is 2.13. The van der Waals surface area contributed by atoms with Gasteiger partial charge in [0.2, 0.25) is 5.91 Å². The van der Waals surface area contributed by atoms with Gasteiger partial charge in [-0.2, -0.15) is 0 Å². The number of hydrogen-bond donors (Lipinski definition) is 2. The Kier molecular flexibility index (Phi) is 5.66. The molecule has 0 saturated carbocycles. The van der Waals surface area contributed by atoms with E-state index in [1.165, 1.54) is 17.6 Å². The molecule has 4 aromatic heterocycles. The Hall–Kier alpha value is -3.79. The maximum atomic E-state index is 12.3. The molecule has 4 rings (SSSR count). The molecule has 0 bridgehead atoms. The van der Waals surface area contributed by atoms with Crippen LogP contribution in [0.15, 0.2) is 58.9 Å². The van der Waals surface area contributed by atoms with Gasteiger partial charge in [0.15, 0.2) is 10.9 Å². The predicted octanol–water partition coefficient (Wildman–Crippen LogP) is 2.74. The van der Waals surface area contributed by atoms with Crippen LogP contribution in [0.2, 0.25) is 0 Å². The van der Waals surface area contributed by atoms with E-state index in [0.717, 1.165) is 17.2 Å². The Labute approximate surface area is 175 Å². The normalized spacial score (nSPS) is 10.7. The molecule has 30 heavy (non-hydrogen) atoms. The fourth-order valence-electron chi connectivity index (χ4n) is 2.76. The molecule has 0 unspecified atom stereocenters. The van der Waals surface area contributed by atoms with Crippen molar-refractivity contribution in [1.82, 2.24) is 24.8 Å². The summed E-state index contributed by atoms with van der Waals surface area (Å²) >= 11 is 1.25. The number of amides is 2. The zero-order valence-electron chi connectivity index (χ0n) is 16.0. The SMILES string of the molecule is Cc1nccn1-c1cc(CNC(=O)Cc2csc(NC(=O)c3ccco3)n2)ccn1. The molecule has 0 spiro atoms. The zero-order chi connectivity index (χ0) is 20.9. The smallest absolute Gasteiger partial charge is 0.293 e. The van der Waals surface area contributed by atoms with Crippen molar-refractivity contribution in [1.29, 1.82) is 0 Å². The number of anilines is 1. The Morgan fingerprint density at radius 3 is 2.90 bits per heavy atom.